The van der Waals surface area contributed by atoms with Gasteiger partial charge in [-0.3, -0.25) is 0 Å². The van der Waals surface area contributed by atoms with Gasteiger partial charge in [-0.1, -0.05) is 0 Å². The maximum Gasteiger partial charge on any atom is 0.0700 e. The Balaban J connectivity index is 1.92. The smallest absolute Gasteiger partial charge is 0.0700 e. The summed E-state index contributed by atoms with van der Waals surface area (Å²) in [5, 5.41) is 0. The summed E-state index contributed by atoms with van der Waals surface area (Å²) < 4.78 is 15.5. The lowest BCUT2D eigenvalue weighted by Crippen LogP contribution is -2.40. The fraction of sp³-hybridized carbons (Fsp3) is 1.00. The number of methoxy groups -OCH3 is 1. The summed E-state index contributed by atoms with van der Waals surface area (Å²) in [5.41, 5.74) is 6.00. The van der Waals surface area contributed by atoms with E-state index in [1.54, 1.807) is 7.11 Å². The molecule has 1 rings (SSSR count). The summed E-state index contributed by atoms with van der Waals surface area (Å²) >= 11 is 0. The molecule has 0 aromatic carbocycles. The molecule has 84 valence electrons. The average Bonchev–Trinajstić information content (AvgIpc) is 2.59. The molecule has 4 nitrogen and oxygen atoms in total. The van der Waals surface area contributed by atoms with Crippen LogP contribution in [0.5, 0.6) is 0 Å². The van der Waals surface area contributed by atoms with Crippen LogP contribution in [-0.2, 0) is 14.2 Å². The predicted molar refractivity (Wildman–Crippen MR) is 54.3 cm³/mol. The summed E-state index contributed by atoms with van der Waals surface area (Å²) in [5.74, 6) is 0. The van der Waals surface area contributed by atoms with Crippen LogP contribution >= 0.6 is 0 Å². The second-order valence-electron chi connectivity index (χ2n) is 3.87. The monoisotopic (exact) mass is 203 g/mol. The summed E-state index contributed by atoms with van der Waals surface area (Å²) in [6.07, 6.45) is 2.97. The van der Waals surface area contributed by atoms with E-state index in [1.807, 2.05) is 0 Å². The van der Waals surface area contributed by atoms with Gasteiger partial charge >= 0.3 is 0 Å². The van der Waals surface area contributed by atoms with Crippen molar-refractivity contribution in [3.05, 3.63) is 0 Å². The van der Waals surface area contributed by atoms with Gasteiger partial charge < -0.3 is 19.9 Å². The van der Waals surface area contributed by atoms with Gasteiger partial charge in [-0.15, -0.1) is 0 Å². The Bertz CT molecular complexity index is 146. The largest absolute Gasteiger partial charge is 0.382 e. The highest BCUT2D eigenvalue weighted by Gasteiger charge is 2.29. The molecular weight excluding hydrogens is 182 g/mol. The minimum Gasteiger partial charge on any atom is -0.382 e. The maximum atomic E-state index is 6.09. The van der Waals surface area contributed by atoms with Crippen LogP contribution < -0.4 is 5.73 Å². The van der Waals surface area contributed by atoms with Gasteiger partial charge in [-0.05, 0) is 19.3 Å². The highest BCUT2D eigenvalue weighted by atomic mass is 16.5. The lowest BCUT2D eigenvalue weighted by molar-refractivity contribution is 0.0659. The Morgan fingerprint density at radius 3 is 2.86 bits per heavy atom. The van der Waals surface area contributed by atoms with Crippen LogP contribution in [0, 0.1) is 0 Å². The fourth-order valence-corrected chi connectivity index (χ4v) is 1.59. The fourth-order valence-electron chi connectivity index (χ4n) is 1.59. The molecule has 0 aromatic heterocycles. The van der Waals surface area contributed by atoms with Crippen LogP contribution in [-0.4, -0.2) is 45.7 Å². The van der Waals surface area contributed by atoms with E-state index in [0.29, 0.717) is 19.8 Å². The van der Waals surface area contributed by atoms with Crippen LogP contribution in [0.2, 0.25) is 0 Å². The molecule has 4 heteroatoms. The zero-order chi connectivity index (χ0) is 10.3. The van der Waals surface area contributed by atoms with Crippen molar-refractivity contribution in [3.8, 4) is 0 Å². The number of rotatable bonds is 7. The van der Waals surface area contributed by atoms with Gasteiger partial charge in [0.2, 0.25) is 0 Å². The van der Waals surface area contributed by atoms with Gasteiger partial charge in [0, 0.05) is 25.9 Å². The quantitative estimate of drug-likeness (QED) is 0.614. The number of nitrogens with two attached hydrogens (primary N) is 1. The molecule has 1 fully saturated rings. The summed E-state index contributed by atoms with van der Waals surface area (Å²) in [6, 6.07) is 0. The molecule has 1 heterocycles. The van der Waals surface area contributed by atoms with Crippen molar-refractivity contribution in [2.75, 3.05) is 40.1 Å². The second kappa shape index (κ2) is 6.35. The van der Waals surface area contributed by atoms with Crippen LogP contribution in [0.1, 0.15) is 19.3 Å². The number of hydrogen-bond donors (Lipinski definition) is 1. The SMILES string of the molecule is COCCOCCCC1(N)CCOC1. The van der Waals surface area contributed by atoms with E-state index in [-0.39, 0.29) is 5.54 Å². The van der Waals surface area contributed by atoms with E-state index in [1.165, 1.54) is 0 Å². The van der Waals surface area contributed by atoms with E-state index >= 15 is 0 Å². The zero-order valence-electron chi connectivity index (χ0n) is 8.96. The van der Waals surface area contributed by atoms with Gasteiger partial charge in [0.1, 0.15) is 0 Å². The van der Waals surface area contributed by atoms with Crippen LogP contribution in [0.4, 0.5) is 0 Å². The van der Waals surface area contributed by atoms with E-state index in [2.05, 4.69) is 0 Å². The summed E-state index contributed by atoms with van der Waals surface area (Å²) in [7, 11) is 1.67. The highest BCUT2D eigenvalue weighted by molar-refractivity contribution is 4.87. The van der Waals surface area contributed by atoms with Gasteiger partial charge in [0.05, 0.1) is 19.8 Å². The highest BCUT2D eigenvalue weighted by Crippen LogP contribution is 2.20. The van der Waals surface area contributed by atoms with E-state index in [0.717, 1.165) is 32.5 Å². The Morgan fingerprint density at radius 1 is 1.36 bits per heavy atom. The molecule has 0 aliphatic carbocycles. The van der Waals surface area contributed by atoms with Gasteiger partial charge in [-0.25, -0.2) is 0 Å². The van der Waals surface area contributed by atoms with Gasteiger partial charge in [0.25, 0.3) is 0 Å². The molecule has 1 aliphatic rings. The average molecular weight is 203 g/mol. The molecule has 0 aromatic rings. The molecule has 0 spiro atoms. The Kier molecular flexibility index (Phi) is 5.40. The zero-order valence-corrected chi connectivity index (χ0v) is 8.96. The van der Waals surface area contributed by atoms with Crippen molar-refractivity contribution in [2.24, 2.45) is 5.73 Å². The Labute approximate surface area is 85.7 Å². The topological polar surface area (TPSA) is 53.7 Å². The minimum atomic E-state index is -0.0926. The number of ether oxygens (including phenoxy) is 3. The maximum absolute atomic E-state index is 6.09. The molecule has 0 radical (unpaired) electrons. The first-order valence-corrected chi connectivity index (χ1v) is 5.20. The molecule has 0 saturated carbocycles. The lowest BCUT2D eigenvalue weighted by Gasteiger charge is -2.21. The van der Waals surface area contributed by atoms with Crippen LogP contribution in [0.3, 0.4) is 0 Å². The third-order valence-electron chi connectivity index (χ3n) is 2.53. The minimum absolute atomic E-state index is 0.0926. The van der Waals surface area contributed by atoms with Crippen LogP contribution in [0.15, 0.2) is 0 Å². The first-order chi connectivity index (χ1) is 6.77. The van der Waals surface area contributed by atoms with Crippen molar-refractivity contribution in [1.29, 1.82) is 0 Å². The van der Waals surface area contributed by atoms with E-state index in [9.17, 15) is 0 Å². The molecule has 2 N–H and O–H groups in total. The molecule has 1 unspecified atom stereocenters. The first kappa shape index (κ1) is 11.9. The van der Waals surface area contributed by atoms with Crippen molar-refractivity contribution < 1.29 is 14.2 Å². The molecule has 1 saturated heterocycles. The van der Waals surface area contributed by atoms with Gasteiger partial charge in [0.15, 0.2) is 0 Å². The molecular formula is C10H21NO3. The lowest BCUT2D eigenvalue weighted by atomic mass is 9.94. The van der Waals surface area contributed by atoms with Gasteiger partial charge in [-0.2, -0.15) is 0 Å². The Hall–Kier alpha value is -0.160. The third-order valence-corrected chi connectivity index (χ3v) is 2.53. The summed E-state index contributed by atoms with van der Waals surface area (Å²) in [6.45, 7) is 3.61. The molecule has 14 heavy (non-hydrogen) atoms. The summed E-state index contributed by atoms with van der Waals surface area (Å²) in [4.78, 5) is 0. The van der Waals surface area contributed by atoms with Crippen molar-refractivity contribution in [2.45, 2.75) is 24.8 Å². The van der Waals surface area contributed by atoms with E-state index < -0.39 is 0 Å². The molecule has 0 amide bonds. The molecule has 1 atom stereocenters. The van der Waals surface area contributed by atoms with Crippen molar-refractivity contribution >= 4 is 0 Å². The second-order valence-corrected chi connectivity index (χ2v) is 3.87. The standard InChI is InChI=1S/C10H21NO3/c1-12-7-8-13-5-2-3-10(11)4-6-14-9-10/h2-9,11H2,1H3. The first-order valence-electron chi connectivity index (χ1n) is 5.20. The van der Waals surface area contributed by atoms with Crippen molar-refractivity contribution in [1.82, 2.24) is 0 Å². The normalized spacial score (nSPS) is 27.0. The number of hydrogen-bond acceptors (Lipinski definition) is 4. The molecule has 0 bridgehead atoms. The predicted octanol–water partition coefficient (Wildman–Crippen LogP) is 0.547. The molecule has 1 aliphatic heterocycles. The third kappa shape index (κ3) is 4.37. The Morgan fingerprint density at radius 2 is 2.21 bits per heavy atom. The van der Waals surface area contributed by atoms with Crippen LogP contribution in [0.25, 0.3) is 0 Å². The van der Waals surface area contributed by atoms with Crippen molar-refractivity contribution in [3.63, 3.8) is 0 Å². The van der Waals surface area contributed by atoms with E-state index in [4.69, 9.17) is 19.9 Å².